The van der Waals surface area contributed by atoms with Crippen molar-refractivity contribution in [3.05, 3.63) is 34.9 Å². The van der Waals surface area contributed by atoms with Crippen LogP contribution in [0.25, 0.3) is 0 Å². The second-order valence-corrected chi connectivity index (χ2v) is 3.50. The van der Waals surface area contributed by atoms with E-state index in [1.54, 1.807) is 24.3 Å². The first-order valence-electron chi connectivity index (χ1n) is 4.20. The van der Waals surface area contributed by atoms with Gasteiger partial charge in [-0.3, -0.25) is 9.59 Å². The van der Waals surface area contributed by atoms with Gasteiger partial charge >= 0.3 is 11.9 Å². The molecule has 0 atom stereocenters. The fraction of sp³-hybridized carbons (Fsp3) is 0.200. The van der Waals surface area contributed by atoms with Crippen molar-refractivity contribution in [3.63, 3.8) is 0 Å². The number of hydrogen-bond donors (Lipinski definition) is 2. The van der Waals surface area contributed by atoms with Crippen LogP contribution in [0.3, 0.4) is 0 Å². The summed E-state index contributed by atoms with van der Waals surface area (Å²) in [6.45, 7) is 0. The zero-order valence-electron chi connectivity index (χ0n) is 7.68. The van der Waals surface area contributed by atoms with E-state index in [1.165, 1.54) is 0 Å². The lowest BCUT2D eigenvalue weighted by atomic mass is 10.00. The third kappa shape index (κ3) is 3.25. The molecule has 0 aromatic heterocycles. The Morgan fingerprint density at radius 1 is 1.27 bits per heavy atom. The SMILES string of the molecule is O=C(O)C(Cc1cccc(Cl)c1)C(=O)O. The molecule has 0 bridgehead atoms. The van der Waals surface area contributed by atoms with Crippen molar-refractivity contribution in [2.45, 2.75) is 6.42 Å². The van der Waals surface area contributed by atoms with E-state index in [2.05, 4.69) is 0 Å². The number of benzene rings is 1. The van der Waals surface area contributed by atoms with Crippen molar-refractivity contribution in [3.8, 4) is 0 Å². The predicted octanol–water partition coefficient (Wildman–Crippen LogP) is 1.67. The highest BCUT2D eigenvalue weighted by Gasteiger charge is 2.25. The topological polar surface area (TPSA) is 74.6 Å². The van der Waals surface area contributed by atoms with Gasteiger partial charge in [0.15, 0.2) is 5.92 Å². The summed E-state index contributed by atoms with van der Waals surface area (Å²) >= 11 is 5.69. The third-order valence-electron chi connectivity index (χ3n) is 1.93. The van der Waals surface area contributed by atoms with Crippen LogP contribution >= 0.6 is 11.6 Å². The lowest BCUT2D eigenvalue weighted by Gasteiger charge is -2.07. The molecular weight excluding hydrogens is 220 g/mol. The van der Waals surface area contributed by atoms with E-state index in [1.807, 2.05) is 0 Å². The first-order chi connectivity index (χ1) is 7.00. The van der Waals surface area contributed by atoms with Crippen LogP contribution in [0.5, 0.6) is 0 Å². The van der Waals surface area contributed by atoms with Crippen LogP contribution in [-0.4, -0.2) is 22.2 Å². The number of halogens is 1. The van der Waals surface area contributed by atoms with Crippen LogP contribution in [0.15, 0.2) is 24.3 Å². The van der Waals surface area contributed by atoms with E-state index in [0.717, 1.165) is 0 Å². The Hall–Kier alpha value is -1.55. The molecular formula is C10H9ClO4. The van der Waals surface area contributed by atoms with Gasteiger partial charge in [-0.05, 0) is 24.1 Å². The van der Waals surface area contributed by atoms with Crippen molar-refractivity contribution in [2.24, 2.45) is 5.92 Å². The summed E-state index contributed by atoms with van der Waals surface area (Å²) in [5, 5.41) is 17.8. The maximum absolute atomic E-state index is 10.6. The van der Waals surface area contributed by atoms with Gasteiger partial charge in [0.2, 0.25) is 0 Å². The minimum absolute atomic E-state index is 0.0643. The van der Waals surface area contributed by atoms with Crippen LogP contribution in [-0.2, 0) is 16.0 Å². The maximum Gasteiger partial charge on any atom is 0.318 e. The molecule has 0 saturated heterocycles. The first-order valence-corrected chi connectivity index (χ1v) is 4.58. The maximum atomic E-state index is 10.6. The summed E-state index contributed by atoms with van der Waals surface area (Å²) in [4.78, 5) is 21.2. The lowest BCUT2D eigenvalue weighted by Crippen LogP contribution is -2.25. The van der Waals surface area contributed by atoms with Gasteiger partial charge in [0.05, 0.1) is 0 Å². The number of carboxylic acids is 2. The van der Waals surface area contributed by atoms with E-state index >= 15 is 0 Å². The van der Waals surface area contributed by atoms with Gasteiger partial charge in [-0.15, -0.1) is 0 Å². The highest BCUT2D eigenvalue weighted by atomic mass is 35.5. The zero-order chi connectivity index (χ0) is 11.4. The minimum atomic E-state index is -1.43. The molecule has 0 fully saturated rings. The molecule has 15 heavy (non-hydrogen) atoms. The number of carboxylic acid groups (broad SMARTS) is 2. The molecule has 80 valence electrons. The molecule has 0 amide bonds. The summed E-state index contributed by atoms with van der Waals surface area (Å²) in [6, 6.07) is 6.49. The Balaban J connectivity index is 2.83. The monoisotopic (exact) mass is 228 g/mol. The van der Waals surface area contributed by atoms with Crippen LogP contribution < -0.4 is 0 Å². The minimum Gasteiger partial charge on any atom is -0.481 e. The van der Waals surface area contributed by atoms with Crippen molar-refractivity contribution < 1.29 is 19.8 Å². The molecule has 0 unspecified atom stereocenters. The lowest BCUT2D eigenvalue weighted by molar-refractivity contribution is -0.154. The Morgan fingerprint density at radius 3 is 2.33 bits per heavy atom. The summed E-state index contributed by atoms with van der Waals surface area (Å²) in [5.74, 6) is -4.12. The van der Waals surface area contributed by atoms with E-state index < -0.39 is 17.9 Å². The van der Waals surface area contributed by atoms with Crippen molar-refractivity contribution >= 4 is 23.5 Å². The largest absolute Gasteiger partial charge is 0.481 e. The van der Waals surface area contributed by atoms with E-state index in [4.69, 9.17) is 21.8 Å². The van der Waals surface area contributed by atoms with Gasteiger partial charge in [-0.25, -0.2) is 0 Å². The normalized spacial score (nSPS) is 10.3. The molecule has 1 aromatic carbocycles. The number of hydrogen-bond acceptors (Lipinski definition) is 2. The molecule has 1 aromatic rings. The average molecular weight is 229 g/mol. The molecule has 0 saturated carbocycles. The fourth-order valence-corrected chi connectivity index (χ4v) is 1.39. The first kappa shape index (κ1) is 11.5. The van der Waals surface area contributed by atoms with Crippen LogP contribution in [0.1, 0.15) is 5.56 Å². The Kier molecular flexibility index (Phi) is 3.68. The summed E-state index contributed by atoms with van der Waals surface area (Å²) in [7, 11) is 0. The number of aliphatic carboxylic acids is 2. The van der Waals surface area contributed by atoms with Crippen LogP contribution in [0.4, 0.5) is 0 Å². The third-order valence-corrected chi connectivity index (χ3v) is 2.16. The van der Waals surface area contributed by atoms with Crippen molar-refractivity contribution in [1.82, 2.24) is 0 Å². The average Bonchev–Trinajstić information content (AvgIpc) is 2.13. The van der Waals surface area contributed by atoms with Gasteiger partial charge in [0, 0.05) is 5.02 Å². The summed E-state index contributed by atoms with van der Waals surface area (Å²) in [5.41, 5.74) is 0.595. The van der Waals surface area contributed by atoms with Crippen LogP contribution in [0.2, 0.25) is 5.02 Å². The highest BCUT2D eigenvalue weighted by molar-refractivity contribution is 6.30. The molecule has 0 heterocycles. The smallest absolute Gasteiger partial charge is 0.318 e. The Morgan fingerprint density at radius 2 is 1.87 bits per heavy atom. The molecule has 0 radical (unpaired) electrons. The molecule has 0 aliphatic heterocycles. The fourth-order valence-electron chi connectivity index (χ4n) is 1.18. The van der Waals surface area contributed by atoms with Crippen LogP contribution in [0, 0.1) is 5.92 Å². The quantitative estimate of drug-likeness (QED) is 0.769. The van der Waals surface area contributed by atoms with Gasteiger partial charge in [0.25, 0.3) is 0 Å². The molecule has 0 aliphatic carbocycles. The molecule has 0 aliphatic rings. The van der Waals surface area contributed by atoms with Gasteiger partial charge in [0.1, 0.15) is 0 Å². The molecule has 2 N–H and O–H groups in total. The standard InChI is InChI=1S/C10H9ClO4/c11-7-3-1-2-6(4-7)5-8(9(12)13)10(14)15/h1-4,8H,5H2,(H,12,13)(H,14,15). The van der Waals surface area contributed by atoms with Gasteiger partial charge in [-0.2, -0.15) is 0 Å². The Bertz CT molecular complexity index is 375. The van der Waals surface area contributed by atoms with E-state index in [9.17, 15) is 9.59 Å². The predicted molar refractivity (Wildman–Crippen MR) is 53.9 cm³/mol. The summed E-state index contributed by atoms with van der Waals surface area (Å²) < 4.78 is 0. The molecule has 5 heteroatoms. The van der Waals surface area contributed by atoms with Gasteiger partial charge < -0.3 is 10.2 Å². The van der Waals surface area contributed by atoms with E-state index in [-0.39, 0.29) is 6.42 Å². The zero-order valence-corrected chi connectivity index (χ0v) is 8.44. The molecule has 4 nitrogen and oxygen atoms in total. The molecule has 0 spiro atoms. The summed E-state index contributed by atoms with van der Waals surface area (Å²) in [6.07, 6.45) is -0.0643. The van der Waals surface area contributed by atoms with Gasteiger partial charge in [-0.1, -0.05) is 23.7 Å². The van der Waals surface area contributed by atoms with Crippen molar-refractivity contribution in [2.75, 3.05) is 0 Å². The van der Waals surface area contributed by atoms with E-state index in [0.29, 0.717) is 10.6 Å². The number of carbonyl (C=O) groups is 2. The Labute approximate surface area is 91.1 Å². The number of rotatable bonds is 4. The second-order valence-electron chi connectivity index (χ2n) is 3.06. The highest BCUT2D eigenvalue weighted by Crippen LogP contribution is 2.15. The second kappa shape index (κ2) is 4.79. The molecule has 1 rings (SSSR count). The van der Waals surface area contributed by atoms with Crippen molar-refractivity contribution in [1.29, 1.82) is 0 Å².